The van der Waals surface area contributed by atoms with Crippen LogP contribution >= 0.6 is 0 Å². The van der Waals surface area contributed by atoms with Gasteiger partial charge in [0, 0.05) is 44.5 Å². The number of nitrogens with two attached hydrogens (primary N) is 1. The van der Waals surface area contributed by atoms with Gasteiger partial charge in [-0.3, -0.25) is 14.8 Å². The smallest absolute Gasteiger partial charge is 0.257 e. The van der Waals surface area contributed by atoms with Gasteiger partial charge in [-0.15, -0.1) is 5.10 Å². The lowest BCUT2D eigenvalue weighted by atomic mass is 10.1. The van der Waals surface area contributed by atoms with Crippen molar-refractivity contribution in [3.05, 3.63) is 54.4 Å². The molecule has 1 saturated heterocycles. The Bertz CT molecular complexity index is 1290. The van der Waals surface area contributed by atoms with Gasteiger partial charge in [0.25, 0.3) is 5.91 Å². The number of para-hydroxylation sites is 1. The molecule has 3 heterocycles. The highest BCUT2D eigenvalue weighted by Crippen LogP contribution is 2.27. The van der Waals surface area contributed by atoms with Gasteiger partial charge in [0.1, 0.15) is 5.75 Å². The van der Waals surface area contributed by atoms with E-state index in [1.54, 1.807) is 34.9 Å². The highest BCUT2D eigenvalue weighted by molar-refractivity contribution is 6.50. The number of methoxy groups -OCH3 is 1. The van der Waals surface area contributed by atoms with Gasteiger partial charge < -0.3 is 25.2 Å². The van der Waals surface area contributed by atoms with E-state index in [4.69, 9.17) is 15.2 Å². The molecule has 11 nitrogen and oxygen atoms in total. The molecule has 0 aliphatic carbocycles. The Labute approximate surface area is 195 Å². The third kappa shape index (κ3) is 4.59. The van der Waals surface area contributed by atoms with Crippen molar-refractivity contribution < 1.29 is 19.4 Å². The van der Waals surface area contributed by atoms with E-state index < -0.39 is 5.90 Å². The predicted molar refractivity (Wildman–Crippen MR) is 125 cm³/mol. The van der Waals surface area contributed by atoms with E-state index in [-0.39, 0.29) is 17.2 Å². The molecule has 0 atom stereocenters. The van der Waals surface area contributed by atoms with Crippen LogP contribution in [0.2, 0.25) is 0 Å². The highest BCUT2D eigenvalue weighted by Gasteiger charge is 2.24. The average Bonchev–Trinajstić information content (AvgIpc) is 3.30. The van der Waals surface area contributed by atoms with Gasteiger partial charge in [-0.2, -0.15) is 0 Å². The van der Waals surface area contributed by atoms with E-state index in [1.807, 2.05) is 24.3 Å². The highest BCUT2D eigenvalue weighted by atomic mass is 16.5. The number of ether oxygens (including phenoxy) is 2. The summed E-state index contributed by atoms with van der Waals surface area (Å²) >= 11 is 0. The standard InChI is InChI=1S/C23H25N7O4/c1-25-20(17(14-24)23(32)29-9-11-34-12-10-29)22(31)26-15-7-8-30-19(13-15)27-21(28-30)16-5-3-4-6-18(16)33-2/h3-8,13-14H,9-12,24H2,1-2H3,(H,26,31)/p-1. The third-order valence-electron chi connectivity index (χ3n) is 5.28. The van der Waals surface area contributed by atoms with Crippen LogP contribution in [0.5, 0.6) is 5.75 Å². The molecule has 0 unspecified atom stereocenters. The van der Waals surface area contributed by atoms with Gasteiger partial charge >= 0.3 is 0 Å². The molecule has 0 saturated carbocycles. The number of nitrogens with zero attached hydrogens (tertiary/aromatic N) is 6. The molecule has 0 bridgehead atoms. The summed E-state index contributed by atoms with van der Waals surface area (Å²) in [5, 5.41) is 17.4. The van der Waals surface area contributed by atoms with E-state index in [0.29, 0.717) is 49.2 Å². The van der Waals surface area contributed by atoms with Gasteiger partial charge in [-0.05, 0) is 18.2 Å². The lowest BCUT2D eigenvalue weighted by Crippen LogP contribution is -2.44. The number of carbonyl (C=O) groups excluding carboxylic acids is 1. The van der Waals surface area contributed by atoms with Gasteiger partial charge in [-0.25, -0.2) is 9.50 Å². The van der Waals surface area contributed by atoms with Gasteiger partial charge in [0.2, 0.25) is 0 Å². The van der Waals surface area contributed by atoms with Crippen LogP contribution in [0.1, 0.15) is 0 Å². The minimum absolute atomic E-state index is 0.000153. The molecule has 1 aliphatic rings. The zero-order valence-electron chi connectivity index (χ0n) is 18.8. The first kappa shape index (κ1) is 22.9. The van der Waals surface area contributed by atoms with Crippen LogP contribution in [0.4, 0.5) is 5.69 Å². The first-order valence-corrected chi connectivity index (χ1v) is 10.6. The number of hydrogen-bond donors (Lipinski definition) is 1. The summed E-state index contributed by atoms with van der Waals surface area (Å²) in [5.41, 5.74) is 7.15. The number of aliphatic imine (C=N–C) groups is 2. The SMILES string of the molecule is CN=C(C(=CN)C(=O)N1CCOCC1)C([O-])=Nc1ccn2nc(-c3ccccc3OC)nc2c1. The number of aromatic nitrogens is 3. The van der Waals surface area contributed by atoms with Crippen molar-refractivity contribution in [3.63, 3.8) is 0 Å². The Hall–Kier alpha value is -4.25. The molecular formula is C23H24N7O4-. The van der Waals surface area contributed by atoms with Crippen LogP contribution in [0.25, 0.3) is 17.0 Å². The Kier molecular flexibility index (Phi) is 6.83. The second-order valence-corrected chi connectivity index (χ2v) is 7.30. The van der Waals surface area contributed by atoms with Crippen molar-refractivity contribution in [2.75, 3.05) is 40.5 Å². The molecule has 0 spiro atoms. The van der Waals surface area contributed by atoms with Crippen molar-refractivity contribution in [3.8, 4) is 17.1 Å². The van der Waals surface area contributed by atoms with E-state index >= 15 is 0 Å². The first-order chi connectivity index (χ1) is 16.5. The van der Waals surface area contributed by atoms with E-state index in [0.717, 1.165) is 11.8 Å². The summed E-state index contributed by atoms with van der Waals surface area (Å²) < 4.78 is 12.2. The van der Waals surface area contributed by atoms with Gasteiger partial charge in [-0.1, -0.05) is 12.1 Å². The quantitative estimate of drug-likeness (QED) is 0.320. The fraction of sp³-hybridized carbons (Fsp3) is 0.261. The molecule has 1 aliphatic heterocycles. The second kappa shape index (κ2) is 10.1. The molecule has 1 fully saturated rings. The first-order valence-electron chi connectivity index (χ1n) is 10.6. The molecule has 11 heteroatoms. The van der Waals surface area contributed by atoms with Crippen molar-refractivity contribution in [2.45, 2.75) is 0 Å². The summed E-state index contributed by atoms with van der Waals surface area (Å²) in [6.45, 7) is 1.68. The lowest BCUT2D eigenvalue weighted by Gasteiger charge is -2.28. The topological polar surface area (TPSA) is 143 Å². The van der Waals surface area contributed by atoms with E-state index in [2.05, 4.69) is 20.1 Å². The van der Waals surface area contributed by atoms with Crippen LogP contribution in [0, 0.1) is 0 Å². The number of amides is 1. The molecule has 4 rings (SSSR count). The number of fused-ring (bicyclic) bond motifs is 1. The maximum absolute atomic E-state index is 12.9. The molecule has 0 radical (unpaired) electrons. The summed E-state index contributed by atoms with van der Waals surface area (Å²) in [7, 11) is 3.00. The molecule has 1 aromatic carbocycles. The van der Waals surface area contributed by atoms with Gasteiger partial charge in [0.15, 0.2) is 11.5 Å². The number of rotatable bonds is 6. The minimum atomic E-state index is -0.686. The number of hydrogen-bond acceptors (Lipinski definition) is 9. The summed E-state index contributed by atoms with van der Waals surface area (Å²) in [5.74, 6) is 0.0495. The fourth-order valence-corrected chi connectivity index (χ4v) is 3.57. The normalized spacial score (nSPS) is 15.6. The molecular weight excluding hydrogens is 438 g/mol. The van der Waals surface area contributed by atoms with Crippen molar-refractivity contribution in [1.82, 2.24) is 19.5 Å². The van der Waals surface area contributed by atoms with Crippen molar-refractivity contribution in [2.24, 2.45) is 15.7 Å². The molecule has 3 aromatic rings. The third-order valence-corrected chi connectivity index (χ3v) is 5.28. The molecule has 1 amide bonds. The minimum Gasteiger partial charge on any atom is -0.857 e. The summed E-state index contributed by atoms with van der Waals surface area (Å²) in [6.07, 6.45) is 2.74. The number of morpholine rings is 1. The van der Waals surface area contributed by atoms with Crippen molar-refractivity contribution >= 4 is 28.9 Å². The van der Waals surface area contributed by atoms with E-state index in [9.17, 15) is 9.90 Å². The predicted octanol–water partition coefficient (Wildman–Crippen LogP) is 0.567. The van der Waals surface area contributed by atoms with Crippen LogP contribution < -0.4 is 15.6 Å². The Morgan fingerprint density at radius 2 is 2.03 bits per heavy atom. The lowest BCUT2D eigenvalue weighted by molar-refractivity contribution is -0.209. The van der Waals surface area contributed by atoms with Crippen LogP contribution in [-0.4, -0.2) is 77.5 Å². The monoisotopic (exact) mass is 462 g/mol. The molecule has 34 heavy (non-hydrogen) atoms. The number of carbonyl (C=O) groups is 1. The Balaban J connectivity index is 1.62. The Morgan fingerprint density at radius 1 is 1.26 bits per heavy atom. The van der Waals surface area contributed by atoms with E-state index in [1.165, 1.54) is 7.05 Å². The van der Waals surface area contributed by atoms with Crippen LogP contribution in [-0.2, 0) is 9.53 Å². The molecule has 2 aromatic heterocycles. The number of pyridine rings is 1. The zero-order valence-corrected chi connectivity index (χ0v) is 18.8. The number of benzene rings is 1. The average molecular weight is 462 g/mol. The molecule has 176 valence electrons. The maximum atomic E-state index is 12.9. The second-order valence-electron chi connectivity index (χ2n) is 7.30. The van der Waals surface area contributed by atoms with Crippen LogP contribution in [0.3, 0.4) is 0 Å². The molecule has 2 N–H and O–H groups in total. The Morgan fingerprint density at radius 3 is 2.74 bits per heavy atom. The van der Waals surface area contributed by atoms with Crippen LogP contribution in [0.15, 0.2) is 64.4 Å². The van der Waals surface area contributed by atoms with Gasteiger partial charge in [0.05, 0.1) is 42.9 Å². The largest absolute Gasteiger partial charge is 0.857 e. The maximum Gasteiger partial charge on any atom is 0.257 e. The summed E-state index contributed by atoms with van der Waals surface area (Å²) in [6, 6.07) is 10.7. The zero-order chi connectivity index (χ0) is 24.1. The summed E-state index contributed by atoms with van der Waals surface area (Å²) in [4.78, 5) is 27.1. The van der Waals surface area contributed by atoms with Crippen molar-refractivity contribution in [1.29, 1.82) is 0 Å². The fourth-order valence-electron chi connectivity index (χ4n) is 3.57.